The van der Waals surface area contributed by atoms with Gasteiger partial charge in [-0.2, -0.15) is 49.7 Å². The Morgan fingerprint density at radius 2 is 0.797 bits per heavy atom. The van der Waals surface area contributed by atoms with Crippen molar-refractivity contribution in [2.75, 3.05) is 58.0 Å². The van der Waals surface area contributed by atoms with E-state index < -0.39 is 65.3 Å². The van der Waals surface area contributed by atoms with E-state index in [1.165, 1.54) is 43.4 Å². The number of nitrogens with two attached hydrogens (primary N) is 4. The van der Waals surface area contributed by atoms with Gasteiger partial charge in [-0.3, -0.25) is 33.0 Å². The molecule has 0 saturated carbocycles. The number of hydrazine groups is 2. The zero-order chi connectivity index (χ0) is 55.3. The summed E-state index contributed by atoms with van der Waals surface area (Å²) in [6.07, 6.45) is -7.30. The Morgan fingerprint density at radius 3 is 1.07 bits per heavy atom. The van der Waals surface area contributed by atoms with Crippen molar-refractivity contribution in [3.63, 3.8) is 0 Å². The molecular weight excluding hydrogens is 1070 g/mol. The van der Waals surface area contributed by atoms with Crippen molar-refractivity contribution in [1.82, 2.24) is 23.8 Å². The SMILES string of the molecule is C.CS(=O)(=O)N1CCC(=O)CC1.CS(=O)(=O)N1CCC2=NN[C@@H](c3ccc(C(F)(F)F)cc3)[C@@H]2C1.CS(=O)(=O)N1CCC2=NN[C@H](c3ccc(C(F)(F)F)cc3)[C@@H]2C1.NN.NN.O=Cc1ccc(C(F)(F)F)cc1. The molecule has 5 heterocycles. The Morgan fingerprint density at radius 1 is 0.514 bits per heavy atom. The summed E-state index contributed by atoms with van der Waals surface area (Å²) in [6.45, 7) is 2.06. The van der Waals surface area contributed by atoms with Gasteiger partial charge in [0.2, 0.25) is 30.1 Å². The average Bonchev–Trinajstić information content (AvgIpc) is 3.96. The van der Waals surface area contributed by atoms with E-state index in [0.29, 0.717) is 69.3 Å². The summed E-state index contributed by atoms with van der Waals surface area (Å²) < 4.78 is 184. The Bertz CT molecular complexity index is 2580. The molecule has 0 aromatic heterocycles. The summed E-state index contributed by atoms with van der Waals surface area (Å²) >= 11 is 0. The molecule has 74 heavy (non-hydrogen) atoms. The maximum atomic E-state index is 12.6. The zero-order valence-corrected chi connectivity index (χ0v) is 41.8. The number of sulfonamides is 3. The molecule has 3 fully saturated rings. The summed E-state index contributed by atoms with van der Waals surface area (Å²) in [5, 5.41) is 8.45. The van der Waals surface area contributed by atoms with Crippen LogP contribution in [0.15, 0.2) is 83.0 Å². The van der Waals surface area contributed by atoms with E-state index >= 15 is 0 Å². The molecule has 3 saturated heterocycles. The van der Waals surface area contributed by atoms with E-state index in [2.05, 4.69) is 44.4 Å². The first kappa shape index (κ1) is 65.0. The Balaban J connectivity index is 0.000000344. The normalized spacial score (nSPS) is 21.2. The van der Waals surface area contributed by atoms with Crippen LogP contribution in [0.4, 0.5) is 39.5 Å². The molecule has 4 atom stereocenters. The van der Waals surface area contributed by atoms with Crippen LogP contribution in [0.2, 0.25) is 0 Å². The van der Waals surface area contributed by atoms with E-state index in [9.17, 15) is 74.4 Å². The topological polar surface area (TPSA) is 299 Å². The predicted molar refractivity (Wildman–Crippen MR) is 260 cm³/mol. The Hall–Kier alpha value is -5.12. The first-order chi connectivity index (χ1) is 33.9. The van der Waals surface area contributed by atoms with E-state index in [0.717, 1.165) is 72.5 Å². The van der Waals surface area contributed by atoms with Crippen molar-refractivity contribution >= 4 is 53.6 Å². The number of hydrogen-bond donors (Lipinski definition) is 6. The number of carbonyl (C=O) groups is 2. The summed E-state index contributed by atoms with van der Waals surface area (Å²) in [5.74, 6) is 15.8. The highest BCUT2D eigenvalue weighted by Gasteiger charge is 2.41. The van der Waals surface area contributed by atoms with Crippen LogP contribution in [0.5, 0.6) is 0 Å². The molecule has 5 aliphatic heterocycles. The van der Waals surface area contributed by atoms with Gasteiger partial charge in [0.25, 0.3) is 0 Å². The van der Waals surface area contributed by atoms with E-state index in [1.807, 2.05) is 0 Å². The van der Waals surface area contributed by atoms with Crippen LogP contribution >= 0.6 is 0 Å². The number of nitrogens with one attached hydrogen (secondary N) is 2. The number of nitrogens with zero attached hydrogens (tertiary/aromatic N) is 5. The fraction of sp³-hybridized carbons (Fsp3) is 0.488. The van der Waals surface area contributed by atoms with E-state index in [4.69, 9.17) is 0 Å². The molecule has 8 rings (SSSR count). The third kappa shape index (κ3) is 18.6. The number of alkyl halides is 9. The number of carbonyl (C=O) groups excluding carboxylic acids is 2. The second kappa shape index (κ2) is 27.1. The van der Waals surface area contributed by atoms with Crippen molar-refractivity contribution in [1.29, 1.82) is 0 Å². The summed E-state index contributed by atoms with van der Waals surface area (Å²) in [4.78, 5) is 20.8. The van der Waals surface area contributed by atoms with Gasteiger partial charge >= 0.3 is 18.5 Å². The molecule has 0 radical (unpaired) electrons. The first-order valence-corrected chi connectivity index (χ1v) is 27.0. The monoisotopic (exact) mass is 1130 g/mol. The minimum Gasteiger partial charge on any atom is -0.302 e. The van der Waals surface area contributed by atoms with E-state index in [-0.39, 0.29) is 55.8 Å². The second-order valence-corrected chi connectivity index (χ2v) is 22.5. The Labute approximate surface area is 423 Å². The van der Waals surface area contributed by atoms with Crippen LogP contribution in [0.1, 0.15) is 83.4 Å². The highest BCUT2D eigenvalue weighted by molar-refractivity contribution is 7.88. The number of benzene rings is 3. The van der Waals surface area contributed by atoms with Crippen LogP contribution in [0.3, 0.4) is 0 Å². The van der Waals surface area contributed by atoms with Gasteiger partial charge in [0.15, 0.2) is 0 Å². The minimum atomic E-state index is -4.37. The fourth-order valence-electron chi connectivity index (χ4n) is 7.83. The Kier molecular flexibility index (Phi) is 23.8. The molecule has 3 aromatic carbocycles. The second-order valence-electron chi connectivity index (χ2n) is 16.6. The zero-order valence-electron chi connectivity index (χ0n) is 39.3. The molecule has 19 nitrogen and oxygen atoms in total. The van der Waals surface area contributed by atoms with Crippen LogP contribution < -0.4 is 34.2 Å². The molecule has 0 spiro atoms. The lowest BCUT2D eigenvalue weighted by Gasteiger charge is -2.32. The lowest BCUT2D eigenvalue weighted by atomic mass is 9.87. The summed E-state index contributed by atoms with van der Waals surface area (Å²) in [6, 6.07) is 13.2. The van der Waals surface area contributed by atoms with Crippen molar-refractivity contribution in [2.24, 2.45) is 45.4 Å². The number of fused-ring (bicyclic) bond motifs is 2. The molecule has 0 amide bonds. The summed E-state index contributed by atoms with van der Waals surface area (Å²) in [7, 11) is -9.66. The number of hydrogen-bond acceptors (Lipinski definition) is 16. The van der Waals surface area contributed by atoms with Gasteiger partial charge in [0.05, 0.1) is 47.5 Å². The minimum absolute atomic E-state index is 0. The number of ketones is 1. The molecule has 31 heteroatoms. The van der Waals surface area contributed by atoms with Gasteiger partial charge in [-0.1, -0.05) is 43.8 Å². The smallest absolute Gasteiger partial charge is 0.302 e. The number of rotatable bonds is 6. The van der Waals surface area contributed by atoms with Crippen LogP contribution in [0, 0.1) is 11.8 Å². The number of aldehydes is 1. The van der Waals surface area contributed by atoms with Gasteiger partial charge in [0.1, 0.15) is 12.1 Å². The molecule has 10 N–H and O–H groups in total. The average molecular weight is 1130 g/mol. The highest BCUT2D eigenvalue weighted by atomic mass is 32.2. The third-order valence-corrected chi connectivity index (χ3v) is 15.5. The molecule has 5 aliphatic rings. The number of piperidine rings is 3. The van der Waals surface area contributed by atoms with Gasteiger partial charge in [-0.05, 0) is 47.5 Å². The van der Waals surface area contributed by atoms with Gasteiger partial charge in [-0.15, -0.1) is 0 Å². The molecular formula is C43H60F9N11O8S3. The number of hydrazone groups is 2. The van der Waals surface area contributed by atoms with Crippen LogP contribution in [-0.4, -0.2) is 120 Å². The van der Waals surface area contributed by atoms with E-state index in [1.54, 1.807) is 0 Å². The first-order valence-electron chi connectivity index (χ1n) is 21.5. The molecule has 0 aliphatic carbocycles. The van der Waals surface area contributed by atoms with Crippen molar-refractivity contribution < 1.29 is 74.4 Å². The van der Waals surface area contributed by atoms with Crippen molar-refractivity contribution in [3.05, 3.63) is 106 Å². The summed E-state index contributed by atoms with van der Waals surface area (Å²) in [5.41, 5.74) is 7.01. The van der Waals surface area contributed by atoms with Crippen LogP contribution in [-0.2, 0) is 53.4 Å². The predicted octanol–water partition coefficient (Wildman–Crippen LogP) is 4.38. The maximum absolute atomic E-state index is 12.6. The highest BCUT2D eigenvalue weighted by Crippen LogP contribution is 2.37. The van der Waals surface area contributed by atoms with Crippen molar-refractivity contribution in [2.45, 2.75) is 63.7 Å². The molecule has 0 bridgehead atoms. The molecule has 0 unspecified atom stereocenters. The standard InChI is InChI=1S/2C14H16F3N3O2S.C8H5F3O.C6H11NO3S.CH4.2H4N2/c2*1-23(21,22)20-7-6-12-11(8-20)13(19-18-12)9-2-4-10(5-3-9)14(15,16)17;9-8(10,11)7-3-1-6(5-12)2-4-7;1-11(9,10)7-4-2-6(8)3-5-7;;2*1-2/h2*2-5,11,13,19H,6-8H2,1H3;1-5H;2-5H2,1H3;1H4;2*1-2H2/t11-,13+;11-,13-;;;;;/m11...../s1. The van der Waals surface area contributed by atoms with Gasteiger partial charge < -0.3 is 10.9 Å². The van der Waals surface area contributed by atoms with Crippen molar-refractivity contribution in [3.8, 4) is 0 Å². The lowest BCUT2D eigenvalue weighted by molar-refractivity contribution is -0.138. The molecule has 3 aromatic rings. The quantitative estimate of drug-likeness (QED) is 0.0865. The maximum Gasteiger partial charge on any atom is 0.416 e. The number of Topliss-reactive ketones (excluding diaryl/α,β-unsaturated/α-hetero) is 1. The number of halogens is 9. The fourth-order valence-corrected chi connectivity index (χ4v) is 10.4. The third-order valence-electron chi connectivity index (χ3n) is 11.6. The van der Waals surface area contributed by atoms with Gasteiger partial charge in [0, 0.05) is 93.8 Å². The largest absolute Gasteiger partial charge is 0.416 e. The lowest BCUT2D eigenvalue weighted by Crippen LogP contribution is -2.44. The molecule has 416 valence electrons. The van der Waals surface area contributed by atoms with Gasteiger partial charge in [-0.25, -0.2) is 38.2 Å². The van der Waals surface area contributed by atoms with Crippen LogP contribution in [0.25, 0.3) is 0 Å².